The zero-order valence-corrected chi connectivity index (χ0v) is 11.0. The zero-order valence-electron chi connectivity index (χ0n) is 11.0. The van der Waals surface area contributed by atoms with Gasteiger partial charge in [-0.3, -0.25) is 9.59 Å². The van der Waals surface area contributed by atoms with Gasteiger partial charge in [-0.25, -0.2) is 0 Å². The second-order valence-corrected chi connectivity index (χ2v) is 5.81. The van der Waals surface area contributed by atoms with Gasteiger partial charge in [0.15, 0.2) is 0 Å². The number of carbonyl (C=O) groups is 2. The third-order valence-corrected chi connectivity index (χ3v) is 3.90. The van der Waals surface area contributed by atoms with Gasteiger partial charge in [-0.1, -0.05) is 26.7 Å². The first-order valence-electron chi connectivity index (χ1n) is 6.59. The van der Waals surface area contributed by atoms with Gasteiger partial charge in [0.2, 0.25) is 11.8 Å². The summed E-state index contributed by atoms with van der Waals surface area (Å²) in [5.74, 6) is 0.536. The summed E-state index contributed by atoms with van der Waals surface area (Å²) in [5, 5.41) is 2.96. The predicted octanol–water partition coefficient (Wildman–Crippen LogP) is 1.30. The van der Waals surface area contributed by atoms with E-state index in [1.165, 1.54) is 0 Å². The molecule has 0 radical (unpaired) electrons. The Morgan fingerprint density at radius 3 is 2.47 bits per heavy atom. The summed E-state index contributed by atoms with van der Waals surface area (Å²) in [6, 6.07) is -0.323. The van der Waals surface area contributed by atoms with E-state index in [4.69, 9.17) is 0 Å². The van der Waals surface area contributed by atoms with Crippen LogP contribution in [-0.2, 0) is 9.59 Å². The molecule has 1 aliphatic carbocycles. The zero-order chi connectivity index (χ0) is 12.6. The van der Waals surface area contributed by atoms with Gasteiger partial charge in [-0.05, 0) is 25.7 Å². The molecule has 0 aromatic carbocycles. The quantitative estimate of drug-likeness (QED) is 0.788. The van der Waals surface area contributed by atoms with Crippen LogP contribution in [0.1, 0.15) is 46.5 Å². The molecule has 0 aromatic rings. The first-order chi connectivity index (χ1) is 7.96. The van der Waals surface area contributed by atoms with Crippen molar-refractivity contribution >= 4 is 11.8 Å². The molecule has 1 aliphatic heterocycles. The largest absolute Gasteiger partial charge is 0.340 e. The summed E-state index contributed by atoms with van der Waals surface area (Å²) in [6.07, 6.45) is 3.68. The number of rotatable bonds is 2. The van der Waals surface area contributed by atoms with Crippen LogP contribution in [0.5, 0.6) is 0 Å². The van der Waals surface area contributed by atoms with E-state index in [2.05, 4.69) is 19.2 Å². The van der Waals surface area contributed by atoms with Crippen molar-refractivity contribution < 1.29 is 9.59 Å². The molecule has 1 heterocycles. The van der Waals surface area contributed by atoms with Gasteiger partial charge in [0, 0.05) is 6.54 Å². The van der Waals surface area contributed by atoms with E-state index in [1.54, 1.807) is 4.90 Å². The lowest BCUT2D eigenvalue weighted by atomic mass is 9.90. The van der Waals surface area contributed by atoms with Crippen LogP contribution in [0.2, 0.25) is 0 Å². The molecule has 1 N–H and O–H groups in total. The Morgan fingerprint density at radius 1 is 1.35 bits per heavy atom. The molecule has 2 amide bonds. The van der Waals surface area contributed by atoms with Crippen LogP contribution in [0.3, 0.4) is 0 Å². The SMILES string of the molecule is CC(C)CN1C(=O)C2(CCCC2)NC(=O)C1C. The fourth-order valence-corrected chi connectivity index (χ4v) is 2.94. The van der Waals surface area contributed by atoms with Gasteiger partial charge in [0.05, 0.1) is 0 Å². The molecule has 96 valence electrons. The lowest BCUT2D eigenvalue weighted by Gasteiger charge is -2.44. The predicted molar refractivity (Wildman–Crippen MR) is 65.4 cm³/mol. The molecule has 4 nitrogen and oxygen atoms in total. The Morgan fingerprint density at radius 2 is 1.94 bits per heavy atom. The molecule has 1 unspecified atom stereocenters. The highest BCUT2D eigenvalue weighted by Gasteiger charge is 2.50. The van der Waals surface area contributed by atoms with Gasteiger partial charge in [-0.15, -0.1) is 0 Å². The van der Waals surface area contributed by atoms with Crippen molar-refractivity contribution in [2.75, 3.05) is 6.54 Å². The minimum absolute atomic E-state index is 0.00662. The molecule has 1 atom stereocenters. The maximum atomic E-state index is 12.6. The Bertz CT molecular complexity index is 332. The van der Waals surface area contributed by atoms with Crippen LogP contribution < -0.4 is 5.32 Å². The van der Waals surface area contributed by atoms with E-state index in [-0.39, 0.29) is 17.9 Å². The number of amides is 2. The van der Waals surface area contributed by atoms with Crippen molar-refractivity contribution in [1.29, 1.82) is 0 Å². The third-order valence-electron chi connectivity index (χ3n) is 3.90. The van der Waals surface area contributed by atoms with E-state index in [0.717, 1.165) is 25.7 Å². The normalized spacial score (nSPS) is 28.0. The van der Waals surface area contributed by atoms with Gasteiger partial charge in [0.25, 0.3) is 0 Å². The van der Waals surface area contributed by atoms with Gasteiger partial charge >= 0.3 is 0 Å². The highest BCUT2D eigenvalue weighted by Crippen LogP contribution is 2.34. The Kier molecular flexibility index (Phi) is 3.15. The number of hydrogen-bond donors (Lipinski definition) is 1. The first-order valence-corrected chi connectivity index (χ1v) is 6.59. The van der Waals surface area contributed by atoms with Crippen molar-refractivity contribution in [1.82, 2.24) is 10.2 Å². The standard InChI is InChI=1S/C13H22N2O2/c1-9(2)8-15-10(3)11(16)14-13(12(15)17)6-4-5-7-13/h9-10H,4-8H2,1-3H3,(H,14,16). The maximum Gasteiger partial charge on any atom is 0.249 e. The number of nitrogens with zero attached hydrogens (tertiary/aromatic N) is 1. The van der Waals surface area contributed by atoms with Gasteiger partial charge in [-0.2, -0.15) is 0 Å². The molecule has 2 rings (SSSR count). The summed E-state index contributed by atoms with van der Waals surface area (Å²) in [5.41, 5.74) is -0.571. The molecule has 1 saturated carbocycles. The van der Waals surface area contributed by atoms with E-state index in [1.807, 2.05) is 6.92 Å². The molecule has 2 aliphatic rings. The number of hydrogen-bond acceptors (Lipinski definition) is 2. The van der Waals surface area contributed by atoms with Crippen molar-refractivity contribution in [3.63, 3.8) is 0 Å². The van der Waals surface area contributed by atoms with Crippen LogP contribution >= 0.6 is 0 Å². The summed E-state index contributed by atoms with van der Waals surface area (Å²) in [4.78, 5) is 26.3. The summed E-state index contributed by atoms with van der Waals surface area (Å²) in [7, 11) is 0. The van der Waals surface area contributed by atoms with Crippen LogP contribution in [0.25, 0.3) is 0 Å². The van der Waals surface area contributed by atoms with Crippen molar-refractivity contribution in [2.45, 2.75) is 58.0 Å². The van der Waals surface area contributed by atoms with Crippen LogP contribution in [0.4, 0.5) is 0 Å². The minimum atomic E-state index is -0.571. The maximum absolute atomic E-state index is 12.6. The summed E-state index contributed by atoms with van der Waals surface area (Å²) in [6.45, 7) is 6.65. The lowest BCUT2D eigenvalue weighted by molar-refractivity contribution is -0.154. The topological polar surface area (TPSA) is 49.4 Å². The fraction of sp³-hybridized carbons (Fsp3) is 0.846. The third kappa shape index (κ3) is 2.05. The monoisotopic (exact) mass is 238 g/mol. The Balaban J connectivity index is 2.24. The van der Waals surface area contributed by atoms with Crippen molar-refractivity contribution in [2.24, 2.45) is 5.92 Å². The van der Waals surface area contributed by atoms with Crippen molar-refractivity contribution in [3.8, 4) is 0 Å². The molecule has 0 bridgehead atoms. The molecule has 1 saturated heterocycles. The van der Waals surface area contributed by atoms with E-state index in [9.17, 15) is 9.59 Å². The molecule has 4 heteroatoms. The Labute approximate surface area is 103 Å². The highest BCUT2D eigenvalue weighted by atomic mass is 16.2. The second kappa shape index (κ2) is 4.31. The van der Waals surface area contributed by atoms with E-state index >= 15 is 0 Å². The fourth-order valence-electron chi connectivity index (χ4n) is 2.94. The van der Waals surface area contributed by atoms with Crippen LogP contribution in [-0.4, -0.2) is 34.8 Å². The van der Waals surface area contributed by atoms with Crippen LogP contribution in [0.15, 0.2) is 0 Å². The summed E-state index contributed by atoms with van der Waals surface area (Å²) < 4.78 is 0. The van der Waals surface area contributed by atoms with Gasteiger partial charge < -0.3 is 10.2 Å². The molecule has 17 heavy (non-hydrogen) atoms. The average Bonchev–Trinajstić information content (AvgIpc) is 2.71. The Hall–Kier alpha value is -1.06. The van der Waals surface area contributed by atoms with Crippen molar-refractivity contribution in [3.05, 3.63) is 0 Å². The number of carbonyl (C=O) groups excluding carboxylic acids is 2. The van der Waals surface area contributed by atoms with E-state index in [0.29, 0.717) is 12.5 Å². The minimum Gasteiger partial charge on any atom is -0.340 e. The first kappa shape index (κ1) is 12.4. The average molecular weight is 238 g/mol. The molecule has 2 fully saturated rings. The van der Waals surface area contributed by atoms with E-state index < -0.39 is 5.54 Å². The number of piperazine rings is 1. The lowest BCUT2D eigenvalue weighted by Crippen LogP contribution is -2.69. The smallest absolute Gasteiger partial charge is 0.249 e. The highest BCUT2D eigenvalue weighted by molar-refractivity contribution is 5.99. The summed E-state index contributed by atoms with van der Waals surface area (Å²) >= 11 is 0. The molecule has 1 spiro atoms. The molecule has 0 aromatic heterocycles. The van der Waals surface area contributed by atoms with Crippen LogP contribution in [0, 0.1) is 5.92 Å². The van der Waals surface area contributed by atoms with Gasteiger partial charge in [0.1, 0.15) is 11.6 Å². The second-order valence-electron chi connectivity index (χ2n) is 5.81. The number of nitrogens with one attached hydrogen (secondary N) is 1. The molecular weight excluding hydrogens is 216 g/mol. The molecular formula is C13H22N2O2.